The molecule has 17 heavy (non-hydrogen) atoms. The minimum Gasteiger partial charge on any atom is -0.323 e. The number of carbonyl (C=O) groups is 1. The monoisotopic (exact) mass is 237 g/mol. The van der Waals surface area contributed by atoms with Gasteiger partial charge >= 0.3 is 6.03 Å². The Labute approximate surface area is 99.8 Å². The molecule has 0 radical (unpaired) electrons. The van der Waals surface area contributed by atoms with Gasteiger partial charge in [0.1, 0.15) is 5.82 Å². The molecule has 1 atom stereocenters. The number of likely N-dealkylation sites (N-methyl/N-ethyl adjacent to an activating group) is 1. The number of hydrogen-bond donors (Lipinski definition) is 2. The largest absolute Gasteiger partial charge is 0.323 e. The second-order valence-electron chi connectivity index (χ2n) is 4.16. The highest BCUT2D eigenvalue weighted by atomic mass is 19.1. The van der Waals surface area contributed by atoms with Crippen LogP contribution in [0.2, 0.25) is 0 Å². The number of likely N-dealkylation sites (tertiary alicyclic amines) is 1. The van der Waals surface area contributed by atoms with Gasteiger partial charge in [0.2, 0.25) is 0 Å². The zero-order valence-electron chi connectivity index (χ0n) is 9.74. The summed E-state index contributed by atoms with van der Waals surface area (Å²) < 4.78 is 12.9. The number of carbonyl (C=O) groups excluding carboxylic acids is 1. The minimum absolute atomic E-state index is 0.173. The Bertz CT molecular complexity index is 410. The lowest BCUT2D eigenvalue weighted by Gasteiger charge is -2.17. The van der Waals surface area contributed by atoms with Crippen molar-refractivity contribution in [2.24, 2.45) is 0 Å². The molecule has 1 saturated heterocycles. The van der Waals surface area contributed by atoms with Gasteiger partial charge in [-0.1, -0.05) is 6.07 Å². The average molecular weight is 237 g/mol. The number of halogens is 1. The van der Waals surface area contributed by atoms with Crippen molar-refractivity contribution in [1.29, 1.82) is 0 Å². The minimum atomic E-state index is -0.350. The lowest BCUT2D eigenvalue weighted by Crippen LogP contribution is -2.36. The summed E-state index contributed by atoms with van der Waals surface area (Å²) in [6, 6.07) is 6.09. The highest BCUT2D eigenvalue weighted by Crippen LogP contribution is 2.13. The van der Waals surface area contributed by atoms with Crippen LogP contribution in [-0.2, 0) is 0 Å². The van der Waals surface area contributed by atoms with E-state index in [1.54, 1.807) is 17.0 Å². The second-order valence-corrected chi connectivity index (χ2v) is 4.16. The summed E-state index contributed by atoms with van der Waals surface area (Å²) in [6.45, 7) is 1.42. The highest BCUT2D eigenvalue weighted by Gasteiger charge is 2.24. The summed E-state index contributed by atoms with van der Waals surface area (Å²) in [4.78, 5) is 13.6. The van der Waals surface area contributed by atoms with Gasteiger partial charge in [0.15, 0.2) is 0 Å². The zero-order chi connectivity index (χ0) is 12.3. The van der Waals surface area contributed by atoms with E-state index in [9.17, 15) is 9.18 Å². The van der Waals surface area contributed by atoms with Crippen molar-refractivity contribution in [3.05, 3.63) is 30.1 Å². The summed E-state index contributed by atoms with van der Waals surface area (Å²) >= 11 is 0. The predicted octanol–water partition coefficient (Wildman–Crippen LogP) is 1.65. The standard InChI is InChI=1S/C12H16FN3O/c1-14-11-5-6-16(8-11)12(17)15-10-4-2-3-9(13)7-10/h2-4,7,11,14H,5-6,8H2,1H3,(H,15,17). The molecule has 2 amide bonds. The Hall–Kier alpha value is -1.62. The van der Waals surface area contributed by atoms with Crippen LogP contribution in [0.15, 0.2) is 24.3 Å². The summed E-state index contributed by atoms with van der Waals surface area (Å²) in [6.07, 6.45) is 0.951. The maximum Gasteiger partial charge on any atom is 0.321 e. The van der Waals surface area contributed by atoms with E-state index in [1.807, 2.05) is 7.05 Å². The van der Waals surface area contributed by atoms with E-state index in [0.29, 0.717) is 18.3 Å². The third kappa shape index (κ3) is 2.94. The van der Waals surface area contributed by atoms with Crippen molar-refractivity contribution in [2.45, 2.75) is 12.5 Å². The number of benzene rings is 1. The molecule has 4 nitrogen and oxygen atoms in total. The molecule has 5 heteroatoms. The molecule has 1 heterocycles. The fraction of sp³-hybridized carbons (Fsp3) is 0.417. The van der Waals surface area contributed by atoms with Crippen LogP contribution in [0.25, 0.3) is 0 Å². The van der Waals surface area contributed by atoms with Gasteiger partial charge in [-0.05, 0) is 31.7 Å². The fourth-order valence-corrected chi connectivity index (χ4v) is 1.95. The first-order valence-electron chi connectivity index (χ1n) is 5.68. The molecule has 0 saturated carbocycles. The smallest absolute Gasteiger partial charge is 0.321 e. The van der Waals surface area contributed by atoms with Gasteiger partial charge in [0.25, 0.3) is 0 Å². The van der Waals surface area contributed by atoms with Crippen molar-refractivity contribution in [3.8, 4) is 0 Å². The first-order valence-corrected chi connectivity index (χ1v) is 5.68. The first kappa shape index (κ1) is 11.9. The lowest BCUT2D eigenvalue weighted by molar-refractivity contribution is 0.221. The first-order chi connectivity index (χ1) is 8.19. The number of anilines is 1. The van der Waals surface area contributed by atoms with E-state index in [1.165, 1.54) is 12.1 Å². The van der Waals surface area contributed by atoms with E-state index >= 15 is 0 Å². The molecule has 1 aliphatic rings. The Balaban J connectivity index is 1.93. The van der Waals surface area contributed by atoms with Gasteiger partial charge in [0, 0.05) is 24.8 Å². The third-order valence-corrected chi connectivity index (χ3v) is 2.96. The summed E-state index contributed by atoms with van der Waals surface area (Å²) in [5.41, 5.74) is 0.489. The van der Waals surface area contributed by atoms with Crippen LogP contribution in [0, 0.1) is 5.82 Å². The Kier molecular flexibility index (Phi) is 3.58. The van der Waals surface area contributed by atoms with Gasteiger partial charge in [-0.15, -0.1) is 0 Å². The molecule has 1 aliphatic heterocycles. The predicted molar refractivity (Wildman–Crippen MR) is 64.5 cm³/mol. The molecule has 1 aromatic carbocycles. The molecular weight excluding hydrogens is 221 g/mol. The molecule has 0 spiro atoms. The average Bonchev–Trinajstić information content (AvgIpc) is 2.77. The number of hydrogen-bond acceptors (Lipinski definition) is 2. The molecule has 1 unspecified atom stereocenters. The lowest BCUT2D eigenvalue weighted by atomic mass is 10.3. The van der Waals surface area contributed by atoms with Crippen LogP contribution < -0.4 is 10.6 Å². The number of nitrogens with zero attached hydrogens (tertiary/aromatic N) is 1. The fourth-order valence-electron chi connectivity index (χ4n) is 1.95. The second kappa shape index (κ2) is 5.14. The van der Waals surface area contributed by atoms with Crippen molar-refractivity contribution < 1.29 is 9.18 Å². The van der Waals surface area contributed by atoms with E-state index < -0.39 is 0 Å². The molecule has 1 fully saturated rings. The van der Waals surface area contributed by atoms with Crippen molar-refractivity contribution in [1.82, 2.24) is 10.2 Å². The number of nitrogens with one attached hydrogen (secondary N) is 2. The number of urea groups is 1. The Morgan fingerprint density at radius 1 is 1.53 bits per heavy atom. The van der Waals surface area contributed by atoms with Crippen molar-refractivity contribution in [2.75, 3.05) is 25.5 Å². The summed E-state index contributed by atoms with van der Waals surface area (Å²) in [5, 5.41) is 5.83. The van der Waals surface area contributed by atoms with Crippen LogP contribution in [0.1, 0.15) is 6.42 Å². The SMILES string of the molecule is CNC1CCN(C(=O)Nc2cccc(F)c2)C1. The third-order valence-electron chi connectivity index (χ3n) is 2.96. The topological polar surface area (TPSA) is 44.4 Å². The van der Waals surface area contributed by atoms with Crippen molar-refractivity contribution >= 4 is 11.7 Å². The van der Waals surface area contributed by atoms with Crippen LogP contribution in [0.4, 0.5) is 14.9 Å². The zero-order valence-corrected chi connectivity index (χ0v) is 9.74. The van der Waals surface area contributed by atoms with E-state index in [-0.39, 0.29) is 11.8 Å². The van der Waals surface area contributed by atoms with Gasteiger partial charge in [-0.2, -0.15) is 0 Å². The molecular formula is C12H16FN3O. The van der Waals surface area contributed by atoms with E-state index in [0.717, 1.165) is 13.0 Å². The summed E-state index contributed by atoms with van der Waals surface area (Å²) in [7, 11) is 1.89. The van der Waals surface area contributed by atoms with Gasteiger partial charge < -0.3 is 15.5 Å². The maximum atomic E-state index is 12.9. The van der Waals surface area contributed by atoms with E-state index in [4.69, 9.17) is 0 Å². The quantitative estimate of drug-likeness (QED) is 0.821. The van der Waals surface area contributed by atoms with Crippen LogP contribution in [0.5, 0.6) is 0 Å². The van der Waals surface area contributed by atoms with Gasteiger partial charge in [-0.25, -0.2) is 9.18 Å². The molecule has 0 bridgehead atoms. The van der Waals surface area contributed by atoms with Gasteiger partial charge in [0.05, 0.1) is 0 Å². The number of amides is 2. The molecule has 92 valence electrons. The normalized spacial score (nSPS) is 19.4. The van der Waals surface area contributed by atoms with Crippen LogP contribution in [-0.4, -0.2) is 37.1 Å². The highest BCUT2D eigenvalue weighted by molar-refractivity contribution is 5.89. The van der Waals surface area contributed by atoms with Crippen LogP contribution >= 0.6 is 0 Å². The maximum absolute atomic E-state index is 12.9. The van der Waals surface area contributed by atoms with Crippen molar-refractivity contribution in [3.63, 3.8) is 0 Å². The molecule has 2 rings (SSSR count). The van der Waals surface area contributed by atoms with Crippen LogP contribution in [0.3, 0.4) is 0 Å². The molecule has 0 aromatic heterocycles. The number of rotatable bonds is 2. The Morgan fingerprint density at radius 2 is 2.35 bits per heavy atom. The molecule has 1 aromatic rings. The molecule has 2 N–H and O–H groups in total. The Morgan fingerprint density at radius 3 is 3.00 bits per heavy atom. The molecule has 0 aliphatic carbocycles. The van der Waals surface area contributed by atoms with Gasteiger partial charge in [-0.3, -0.25) is 0 Å². The van der Waals surface area contributed by atoms with E-state index in [2.05, 4.69) is 10.6 Å². The summed E-state index contributed by atoms with van der Waals surface area (Å²) in [5.74, 6) is -0.350.